The van der Waals surface area contributed by atoms with Crippen LogP contribution >= 0.6 is 0 Å². The van der Waals surface area contributed by atoms with Crippen LogP contribution in [0.5, 0.6) is 0 Å². The van der Waals surface area contributed by atoms with E-state index in [2.05, 4.69) is 0 Å². The predicted molar refractivity (Wildman–Crippen MR) is 240 cm³/mol. The third kappa shape index (κ3) is 6.21. The first-order valence-corrected chi connectivity index (χ1v) is 26.7. The summed E-state index contributed by atoms with van der Waals surface area (Å²) < 4.78 is 0. The van der Waals surface area contributed by atoms with Gasteiger partial charge in [-0.15, -0.1) is 0 Å². The van der Waals surface area contributed by atoms with Gasteiger partial charge in [-0.05, 0) is 77.0 Å². The van der Waals surface area contributed by atoms with Crippen LogP contribution < -0.4 is 0 Å². The van der Waals surface area contributed by atoms with Gasteiger partial charge in [-0.2, -0.15) is 0 Å². The fraction of sp³-hybridized carbons (Fsp3) is 0.875. The summed E-state index contributed by atoms with van der Waals surface area (Å²) in [5.74, 6) is 0. The maximum Gasteiger partial charge on any atom is 0.323 e. The maximum absolute atomic E-state index is 15.0. The summed E-state index contributed by atoms with van der Waals surface area (Å²) in [4.78, 5) is 114. The van der Waals surface area contributed by atoms with Gasteiger partial charge in [0, 0.05) is 0 Å². The van der Waals surface area contributed by atoms with Crippen molar-refractivity contribution >= 4 is 36.2 Å². The molecular formula is C48H72N12O6. The van der Waals surface area contributed by atoms with Gasteiger partial charge in [0.25, 0.3) is 0 Å². The summed E-state index contributed by atoms with van der Waals surface area (Å²) in [6, 6.07) is -0.991. The molecule has 12 amide bonds. The van der Waals surface area contributed by atoms with Gasteiger partial charge >= 0.3 is 36.2 Å². The molecule has 6 saturated carbocycles. The van der Waals surface area contributed by atoms with Crippen LogP contribution in [0.25, 0.3) is 0 Å². The molecule has 7 heterocycles. The van der Waals surface area contributed by atoms with E-state index < -0.39 is 0 Å². The van der Waals surface area contributed by atoms with Gasteiger partial charge in [0.15, 0.2) is 0 Å². The second-order valence-electron chi connectivity index (χ2n) is 22.7. The van der Waals surface area contributed by atoms with Crippen molar-refractivity contribution in [3.8, 4) is 0 Å². The number of rotatable bonds is 0. The molecule has 18 nitrogen and oxygen atoms in total. The number of hydrogen-bond acceptors (Lipinski definition) is 6. The number of hydrogen-bond donors (Lipinski definition) is 0. The van der Waals surface area contributed by atoms with Gasteiger partial charge in [-0.1, -0.05) is 77.0 Å². The van der Waals surface area contributed by atoms with Gasteiger partial charge in [0.2, 0.25) is 0 Å². The normalized spacial score (nSPS) is 40.5. The molecule has 360 valence electrons. The number of amides is 12. The van der Waals surface area contributed by atoms with Crippen molar-refractivity contribution in [1.82, 2.24) is 58.8 Å². The molecule has 7 saturated heterocycles. The molecule has 0 spiro atoms. The molecule has 0 aromatic heterocycles. The van der Waals surface area contributed by atoms with Crippen LogP contribution in [0.4, 0.5) is 28.8 Å². The van der Waals surface area contributed by atoms with E-state index in [-0.39, 0.29) is 149 Å². The number of urea groups is 6. The van der Waals surface area contributed by atoms with Crippen molar-refractivity contribution in [3.05, 3.63) is 0 Å². The molecule has 12 bridgehead atoms. The number of carbonyl (C=O) groups is 6. The average Bonchev–Trinajstić information content (AvgIpc) is 4.10. The summed E-state index contributed by atoms with van der Waals surface area (Å²) in [5.41, 5.74) is 0. The van der Waals surface area contributed by atoms with E-state index in [0.717, 1.165) is 154 Å². The molecule has 0 N–H and O–H groups in total. The fourth-order valence-corrected chi connectivity index (χ4v) is 16.6. The Hall–Kier alpha value is -4.38. The van der Waals surface area contributed by atoms with Crippen LogP contribution in [-0.2, 0) is 0 Å². The molecule has 13 rings (SSSR count). The first kappa shape index (κ1) is 41.8. The van der Waals surface area contributed by atoms with Crippen molar-refractivity contribution < 1.29 is 28.8 Å². The van der Waals surface area contributed by atoms with Crippen molar-refractivity contribution in [2.45, 2.75) is 227 Å². The number of nitrogens with zero attached hydrogens (tertiary/aromatic N) is 12. The Balaban J connectivity index is 0.880. The minimum absolute atomic E-state index is 0.0405. The van der Waals surface area contributed by atoms with E-state index in [1.54, 1.807) is 0 Å². The second kappa shape index (κ2) is 16.1. The van der Waals surface area contributed by atoms with Crippen molar-refractivity contribution in [2.75, 3.05) is 40.0 Å². The third-order valence-corrected chi connectivity index (χ3v) is 19.7. The molecule has 12 atom stereocenters. The quantitative estimate of drug-likeness (QED) is 0.291. The SMILES string of the molecule is O=C1N2CN3C(=O)N(CN4C(=O)N(CN5C(=O)N(CN6C(=O)N(CN7C(=O)N(CN1C1CCCCC12)C1CCCCC17)C1CCCCC16)C1CCCCC15)C1CCCCC14)C1CCCCC13. The molecule has 12 unspecified atom stereocenters. The Morgan fingerprint density at radius 2 is 0.273 bits per heavy atom. The highest BCUT2D eigenvalue weighted by molar-refractivity contribution is 5.85. The molecular weight excluding hydrogens is 841 g/mol. The largest absolute Gasteiger partial charge is 0.323 e. The van der Waals surface area contributed by atoms with E-state index in [1.807, 2.05) is 58.8 Å². The topological polar surface area (TPSA) is 141 Å². The molecule has 6 aliphatic carbocycles. The van der Waals surface area contributed by atoms with E-state index in [4.69, 9.17) is 0 Å². The Kier molecular flexibility index (Phi) is 10.2. The van der Waals surface area contributed by atoms with Gasteiger partial charge in [0.1, 0.15) is 0 Å². The van der Waals surface area contributed by atoms with E-state index in [9.17, 15) is 0 Å². The standard InChI is InChI=1S/C48H72N12O6/c61-43-49-25-51-33-15-3-4-16-34(33)53(44(51)62)27-55-37-19-7-8-20-38(37)57(46(55)64)29-59-41-23-11-12-24-42(41)60(48(59)66)30-58-40-22-10-9-21-39(40)56(47(58)65)28-54-36-18-6-5-17-35(36)52(45(54)63)26-50(43)32-14-2-1-13-31(32)49/h31-42H,1-30H2. The Labute approximate surface area is 389 Å². The molecule has 13 fully saturated rings. The molecule has 0 radical (unpaired) electrons. The number of carbonyl (C=O) groups excluding carboxylic acids is 6. The minimum atomic E-state index is -0.0841. The van der Waals surface area contributed by atoms with Crippen molar-refractivity contribution in [1.29, 1.82) is 0 Å². The Bertz CT molecular complexity index is 1530. The minimum Gasteiger partial charge on any atom is -0.302 e. The molecule has 7 aliphatic heterocycles. The third-order valence-electron chi connectivity index (χ3n) is 19.7. The summed E-state index contributed by atoms with van der Waals surface area (Å²) in [6.45, 7) is 1.32. The second-order valence-corrected chi connectivity index (χ2v) is 22.7. The van der Waals surface area contributed by atoms with Gasteiger partial charge in [-0.3, -0.25) is 0 Å². The zero-order valence-corrected chi connectivity index (χ0v) is 39.0. The Morgan fingerprint density at radius 1 is 0.182 bits per heavy atom. The Morgan fingerprint density at radius 3 is 0.364 bits per heavy atom. The lowest BCUT2D eigenvalue weighted by atomic mass is 9.89. The maximum atomic E-state index is 15.0. The molecule has 0 aromatic rings. The van der Waals surface area contributed by atoms with Gasteiger partial charge < -0.3 is 58.8 Å². The lowest BCUT2D eigenvalue weighted by molar-refractivity contribution is 0.110. The van der Waals surface area contributed by atoms with Crippen LogP contribution in [0.3, 0.4) is 0 Å². The van der Waals surface area contributed by atoms with E-state index >= 15 is 28.8 Å². The zero-order chi connectivity index (χ0) is 44.5. The van der Waals surface area contributed by atoms with Crippen LogP contribution in [0.1, 0.15) is 154 Å². The van der Waals surface area contributed by atoms with Crippen LogP contribution in [-0.4, -0.2) is 207 Å². The summed E-state index contributed by atoms with van der Waals surface area (Å²) in [5, 5.41) is 0. The lowest BCUT2D eigenvalue weighted by Crippen LogP contribution is -2.50. The predicted octanol–water partition coefficient (Wildman–Crippen LogP) is 6.04. The lowest BCUT2D eigenvalue weighted by Gasteiger charge is -2.37. The van der Waals surface area contributed by atoms with E-state index in [0.29, 0.717) is 0 Å². The van der Waals surface area contributed by atoms with Crippen molar-refractivity contribution in [3.63, 3.8) is 0 Å². The summed E-state index contributed by atoms with van der Waals surface area (Å²) in [7, 11) is 0. The molecule has 66 heavy (non-hydrogen) atoms. The molecule has 0 aromatic carbocycles. The van der Waals surface area contributed by atoms with E-state index in [1.165, 1.54) is 0 Å². The highest BCUT2D eigenvalue weighted by Gasteiger charge is 2.59. The van der Waals surface area contributed by atoms with Gasteiger partial charge in [-0.25, -0.2) is 28.8 Å². The molecule has 18 heteroatoms. The van der Waals surface area contributed by atoms with Gasteiger partial charge in [0.05, 0.1) is 113 Å². The van der Waals surface area contributed by atoms with Crippen LogP contribution in [0, 0.1) is 0 Å². The van der Waals surface area contributed by atoms with Crippen LogP contribution in [0.2, 0.25) is 0 Å². The zero-order valence-electron chi connectivity index (χ0n) is 39.0. The fourth-order valence-electron chi connectivity index (χ4n) is 16.6. The highest BCUT2D eigenvalue weighted by atomic mass is 16.2. The summed E-state index contributed by atoms with van der Waals surface area (Å²) in [6.07, 6.45) is 22.7. The molecule has 13 aliphatic rings. The first-order valence-electron chi connectivity index (χ1n) is 26.7. The first-order chi connectivity index (χ1) is 32.3. The number of fused-ring (bicyclic) bond motifs is 30. The summed E-state index contributed by atoms with van der Waals surface area (Å²) >= 11 is 0. The smallest absolute Gasteiger partial charge is 0.302 e. The monoisotopic (exact) mass is 913 g/mol. The van der Waals surface area contributed by atoms with Crippen molar-refractivity contribution in [2.24, 2.45) is 0 Å². The average molecular weight is 913 g/mol. The van der Waals surface area contributed by atoms with Crippen LogP contribution in [0.15, 0.2) is 0 Å². The highest BCUT2D eigenvalue weighted by Crippen LogP contribution is 2.45.